The number of rotatable bonds is 3. The molecule has 2 aromatic heterocycles. The van der Waals surface area contributed by atoms with Crippen LogP contribution in [0.5, 0.6) is 0 Å². The van der Waals surface area contributed by atoms with E-state index in [-0.39, 0.29) is 17.8 Å². The van der Waals surface area contributed by atoms with Crippen LogP contribution < -0.4 is 4.90 Å². The standard InChI is InChI=1S/C17H22FN5O/c1-12-11-15(20-22(12)3)17(24)21(2)13-6-9-23(10-7-13)16-14(18)5-4-8-19-16/h4-5,8,11,13H,6-7,9-10H2,1-3H3. The largest absolute Gasteiger partial charge is 0.354 e. The van der Waals surface area contributed by atoms with Crippen LogP contribution >= 0.6 is 0 Å². The zero-order valence-electron chi connectivity index (χ0n) is 14.2. The van der Waals surface area contributed by atoms with Crippen molar-refractivity contribution < 1.29 is 9.18 Å². The Morgan fingerprint density at radius 3 is 2.67 bits per heavy atom. The number of carbonyl (C=O) groups is 1. The maximum Gasteiger partial charge on any atom is 0.274 e. The summed E-state index contributed by atoms with van der Waals surface area (Å²) in [6, 6.07) is 4.94. The lowest BCUT2D eigenvalue weighted by molar-refractivity contribution is 0.0702. The maximum absolute atomic E-state index is 13.8. The van der Waals surface area contributed by atoms with E-state index in [1.807, 2.05) is 25.9 Å². The third-order valence-electron chi connectivity index (χ3n) is 4.70. The molecule has 0 N–H and O–H groups in total. The lowest BCUT2D eigenvalue weighted by Gasteiger charge is -2.37. The molecule has 3 heterocycles. The van der Waals surface area contributed by atoms with Crippen molar-refractivity contribution in [3.05, 3.63) is 41.6 Å². The molecule has 1 amide bonds. The second kappa shape index (κ2) is 6.59. The zero-order valence-corrected chi connectivity index (χ0v) is 14.2. The highest BCUT2D eigenvalue weighted by Gasteiger charge is 2.28. The van der Waals surface area contributed by atoms with Crippen molar-refractivity contribution in [2.75, 3.05) is 25.0 Å². The molecule has 1 fully saturated rings. The number of halogens is 1. The Kier molecular flexibility index (Phi) is 4.51. The van der Waals surface area contributed by atoms with E-state index in [1.165, 1.54) is 6.07 Å². The van der Waals surface area contributed by atoms with Gasteiger partial charge < -0.3 is 9.80 Å². The number of hydrogen-bond donors (Lipinski definition) is 0. The number of pyridine rings is 1. The Balaban J connectivity index is 1.64. The molecule has 0 unspecified atom stereocenters. The monoisotopic (exact) mass is 331 g/mol. The highest BCUT2D eigenvalue weighted by Crippen LogP contribution is 2.23. The van der Waals surface area contributed by atoms with Gasteiger partial charge in [-0.2, -0.15) is 5.10 Å². The highest BCUT2D eigenvalue weighted by atomic mass is 19.1. The average Bonchev–Trinajstić information content (AvgIpc) is 2.93. The Morgan fingerprint density at radius 1 is 1.38 bits per heavy atom. The summed E-state index contributed by atoms with van der Waals surface area (Å²) in [7, 11) is 3.64. The molecule has 1 saturated heterocycles. The molecular formula is C17H22FN5O. The highest BCUT2D eigenvalue weighted by molar-refractivity contribution is 5.92. The fourth-order valence-electron chi connectivity index (χ4n) is 3.09. The first-order valence-electron chi connectivity index (χ1n) is 8.10. The van der Waals surface area contributed by atoms with E-state index < -0.39 is 0 Å². The second-order valence-electron chi connectivity index (χ2n) is 6.24. The number of aryl methyl sites for hydroxylation is 2. The molecule has 7 heteroatoms. The fourth-order valence-corrected chi connectivity index (χ4v) is 3.09. The predicted octanol–water partition coefficient (Wildman–Crippen LogP) is 2.00. The van der Waals surface area contributed by atoms with Gasteiger partial charge >= 0.3 is 0 Å². The van der Waals surface area contributed by atoms with Gasteiger partial charge in [0, 0.05) is 45.1 Å². The van der Waals surface area contributed by atoms with Gasteiger partial charge in [-0.15, -0.1) is 0 Å². The average molecular weight is 331 g/mol. The van der Waals surface area contributed by atoms with Gasteiger partial charge in [0.05, 0.1) is 0 Å². The Hall–Kier alpha value is -2.44. The van der Waals surface area contributed by atoms with Gasteiger partial charge in [0.2, 0.25) is 0 Å². The Bertz CT molecular complexity index is 717. The molecule has 1 aliphatic rings. The zero-order chi connectivity index (χ0) is 17.3. The van der Waals surface area contributed by atoms with Gasteiger partial charge in [-0.1, -0.05) is 0 Å². The topological polar surface area (TPSA) is 54.3 Å². The van der Waals surface area contributed by atoms with Crippen LogP contribution in [0.25, 0.3) is 0 Å². The molecule has 0 aliphatic carbocycles. The summed E-state index contributed by atoms with van der Waals surface area (Å²) in [6.07, 6.45) is 3.16. The van der Waals surface area contributed by atoms with Crippen molar-refractivity contribution in [3.63, 3.8) is 0 Å². The number of piperidine rings is 1. The molecule has 0 saturated carbocycles. The minimum absolute atomic E-state index is 0.0684. The summed E-state index contributed by atoms with van der Waals surface area (Å²) in [5, 5.41) is 4.26. The molecule has 1 aliphatic heterocycles. The summed E-state index contributed by atoms with van der Waals surface area (Å²) in [6.45, 7) is 3.28. The van der Waals surface area contributed by atoms with Crippen molar-refractivity contribution in [3.8, 4) is 0 Å². The molecule has 24 heavy (non-hydrogen) atoms. The van der Waals surface area contributed by atoms with E-state index in [0.717, 1.165) is 18.5 Å². The lowest BCUT2D eigenvalue weighted by atomic mass is 10.0. The number of amides is 1. The second-order valence-corrected chi connectivity index (χ2v) is 6.24. The molecular weight excluding hydrogens is 309 g/mol. The first kappa shape index (κ1) is 16.4. The molecule has 0 radical (unpaired) electrons. The van der Waals surface area contributed by atoms with E-state index in [2.05, 4.69) is 10.1 Å². The van der Waals surface area contributed by atoms with Crippen molar-refractivity contribution >= 4 is 11.7 Å². The number of carbonyl (C=O) groups excluding carboxylic acids is 1. The minimum Gasteiger partial charge on any atom is -0.354 e. The van der Waals surface area contributed by atoms with Crippen LogP contribution in [0.2, 0.25) is 0 Å². The lowest BCUT2D eigenvalue weighted by Crippen LogP contribution is -2.46. The molecule has 6 nitrogen and oxygen atoms in total. The summed E-state index contributed by atoms with van der Waals surface area (Å²) < 4.78 is 15.5. The van der Waals surface area contributed by atoms with Crippen LogP contribution in [0.3, 0.4) is 0 Å². The van der Waals surface area contributed by atoms with Crippen LogP contribution in [0.4, 0.5) is 10.2 Å². The first-order valence-corrected chi connectivity index (χ1v) is 8.10. The summed E-state index contributed by atoms with van der Waals surface area (Å²) in [5.41, 5.74) is 1.42. The van der Waals surface area contributed by atoms with Gasteiger partial charge in [0.25, 0.3) is 5.91 Å². The first-order chi connectivity index (χ1) is 11.5. The molecule has 3 rings (SSSR count). The molecule has 0 aromatic carbocycles. The molecule has 0 atom stereocenters. The molecule has 0 bridgehead atoms. The molecule has 2 aromatic rings. The number of hydrogen-bond acceptors (Lipinski definition) is 4. The predicted molar refractivity (Wildman–Crippen MR) is 89.5 cm³/mol. The summed E-state index contributed by atoms with van der Waals surface area (Å²) >= 11 is 0. The number of aromatic nitrogens is 3. The van der Waals surface area contributed by atoms with Crippen LogP contribution in [0.15, 0.2) is 24.4 Å². The number of nitrogens with zero attached hydrogens (tertiary/aromatic N) is 5. The van der Waals surface area contributed by atoms with Crippen LogP contribution in [0.1, 0.15) is 29.0 Å². The van der Waals surface area contributed by atoms with Crippen molar-refractivity contribution in [2.45, 2.75) is 25.8 Å². The van der Waals surface area contributed by atoms with E-state index in [9.17, 15) is 9.18 Å². The van der Waals surface area contributed by atoms with Crippen LogP contribution in [-0.4, -0.2) is 51.8 Å². The van der Waals surface area contributed by atoms with E-state index in [0.29, 0.717) is 24.6 Å². The Labute approximate surface area is 140 Å². The quantitative estimate of drug-likeness (QED) is 0.863. The normalized spacial score (nSPS) is 15.6. The summed E-state index contributed by atoms with van der Waals surface area (Å²) in [5.74, 6) is 0.0239. The van der Waals surface area contributed by atoms with E-state index >= 15 is 0 Å². The smallest absolute Gasteiger partial charge is 0.274 e. The molecule has 0 spiro atoms. The van der Waals surface area contributed by atoms with Crippen LogP contribution in [0, 0.1) is 12.7 Å². The minimum atomic E-state index is -0.302. The van der Waals surface area contributed by atoms with Gasteiger partial charge in [-0.05, 0) is 38.0 Å². The third kappa shape index (κ3) is 3.11. The van der Waals surface area contributed by atoms with Crippen molar-refractivity contribution in [2.24, 2.45) is 7.05 Å². The Morgan fingerprint density at radius 2 is 2.08 bits per heavy atom. The van der Waals surface area contributed by atoms with Gasteiger partial charge in [0.1, 0.15) is 0 Å². The van der Waals surface area contributed by atoms with E-state index in [1.54, 1.807) is 27.9 Å². The summed E-state index contributed by atoms with van der Waals surface area (Å²) in [4.78, 5) is 20.4. The van der Waals surface area contributed by atoms with Gasteiger partial charge in [0.15, 0.2) is 17.3 Å². The van der Waals surface area contributed by atoms with Crippen molar-refractivity contribution in [1.29, 1.82) is 0 Å². The van der Waals surface area contributed by atoms with Crippen LogP contribution in [-0.2, 0) is 7.05 Å². The third-order valence-corrected chi connectivity index (χ3v) is 4.70. The van der Waals surface area contributed by atoms with Gasteiger partial charge in [-0.25, -0.2) is 9.37 Å². The number of anilines is 1. The fraction of sp³-hybridized carbons (Fsp3) is 0.471. The van der Waals surface area contributed by atoms with Crippen molar-refractivity contribution in [1.82, 2.24) is 19.7 Å². The maximum atomic E-state index is 13.8. The molecule has 128 valence electrons. The SMILES string of the molecule is Cc1cc(C(=O)N(C)C2CCN(c3ncccc3F)CC2)nn1C. The van der Waals surface area contributed by atoms with E-state index in [4.69, 9.17) is 0 Å². The van der Waals surface area contributed by atoms with Gasteiger partial charge in [-0.3, -0.25) is 9.48 Å².